The van der Waals surface area contributed by atoms with E-state index in [2.05, 4.69) is 5.32 Å². The molecule has 1 aromatic rings. The Balaban J connectivity index is 1.62. The molecule has 1 saturated heterocycles. The molecule has 3 nitrogen and oxygen atoms in total. The highest BCUT2D eigenvalue weighted by molar-refractivity contribution is 5.45. The molecule has 3 rings (SSSR count). The first-order chi connectivity index (χ1) is 9.58. The number of ether oxygens (including phenoxy) is 2. The van der Waals surface area contributed by atoms with Gasteiger partial charge in [0.1, 0.15) is 0 Å². The van der Waals surface area contributed by atoms with E-state index in [-0.39, 0.29) is 11.7 Å². The number of halogens is 3. The standard InChI is InChI=1S/C14H16F3NO2/c15-11-7-10(8-12(16)13(11)17)18-9-1-3-14(4-2-9)19-5-6-20-14/h7-9,18H,1-6H2. The molecule has 1 aliphatic heterocycles. The van der Waals surface area contributed by atoms with E-state index in [0.717, 1.165) is 37.8 Å². The molecule has 1 heterocycles. The Bertz CT molecular complexity index is 470. The maximum atomic E-state index is 13.1. The van der Waals surface area contributed by atoms with Crippen molar-refractivity contribution in [1.82, 2.24) is 0 Å². The highest BCUT2D eigenvalue weighted by Crippen LogP contribution is 2.36. The van der Waals surface area contributed by atoms with Gasteiger partial charge >= 0.3 is 0 Å². The molecule has 0 unspecified atom stereocenters. The lowest BCUT2D eigenvalue weighted by atomic mass is 9.90. The molecule has 1 saturated carbocycles. The topological polar surface area (TPSA) is 30.5 Å². The average Bonchev–Trinajstić information content (AvgIpc) is 2.87. The molecule has 1 N–H and O–H groups in total. The van der Waals surface area contributed by atoms with E-state index in [1.54, 1.807) is 0 Å². The predicted octanol–water partition coefficient (Wildman–Crippen LogP) is 3.20. The van der Waals surface area contributed by atoms with Gasteiger partial charge < -0.3 is 14.8 Å². The Morgan fingerprint density at radius 2 is 1.55 bits per heavy atom. The third-order valence-corrected chi connectivity index (χ3v) is 3.92. The maximum absolute atomic E-state index is 13.1. The first kappa shape index (κ1) is 13.7. The Kier molecular flexibility index (Phi) is 3.60. The normalized spacial score (nSPS) is 22.4. The van der Waals surface area contributed by atoms with Crippen LogP contribution >= 0.6 is 0 Å². The summed E-state index contributed by atoms with van der Waals surface area (Å²) in [6.07, 6.45) is 3.05. The monoisotopic (exact) mass is 287 g/mol. The second kappa shape index (κ2) is 5.26. The molecular formula is C14H16F3NO2. The SMILES string of the molecule is Fc1cc(NC2CCC3(CC2)OCCO3)cc(F)c1F. The van der Waals surface area contributed by atoms with Crippen molar-refractivity contribution >= 4 is 5.69 Å². The van der Waals surface area contributed by atoms with E-state index < -0.39 is 23.2 Å². The molecule has 2 aliphatic rings. The summed E-state index contributed by atoms with van der Waals surface area (Å²) in [6.45, 7) is 1.24. The van der Waals surface area contributed by atoms with Gasteiger partial charge in [-0.25, -0.2) is 13.2 Å². The Morgan fingerprint density at radius 1 is 1.00 bits per heavy atom. The maximum Gasteiger partial charge on any atom is 0.194 e. The first-order valence-electron chi connectivity index (χ1n) is 6.77. The Hall–Kier alpha value is -1.27. The summed E-state index contributed by atoms with van der Waals surface area (Å²) >= 11 is 0. The quantitative estimate of drug-likeness (QED) is 0.847. The summed E-state index contributed by atoms with van der Waals surface area (Å²) in [7, 11) is 0. The van der Waals surface area contributed by atoms with E-state index in [1.165, 1.54) is 0 Å². The summed E-state index contributed by atoms with van der Waals surface area (Å²) in [5.41, 5.74) is 0.260. The molecule has 1 spiro atoms. The van der Waals surface area contributed by atoms with Crippen molar-refractivity contribution in [1.29, 1.82) is 0 Å². The van der Waals surface area contributed by atoms with Gasteiger partial charge in [0.05, 0.1) is 13.2 Å². The molecule has 1 aromatic carbocycles. The summed E-state index contributed by atoms with van der Waals surface area (Å²) in [6, 6.07) is 2.04. The molecule has 20 heavy (non-hydrogen) atoms. The summed E-state index contributed by atoms with van der Waals surface area (Å²) < 4.78 is 50.4. The average molecular weight is 287 g/mol. The van der Waals surface area contributed by atoms with E-state index in [0.29, 0.717) is 13.2 Å². The fourth-order valence-corrected chi connectivity index (χ4v) is 2.86. The lowest BCUT2D eigenvalue weighted by Crippen LogP contribution is -2.39. The van der Waals surface area contributed by atoms with Crippen molar-refractivity contribution in [3.8, 4) is 0 Å². The van der Waals surface area contributed by atoms with Crippen LogP contribution in [0.1, 0.15) is 25.7 Å². The van der Waals surface area contributed by atoms with Crippen LogP contribution in [0.4, 0.5) is 18.9 Å². The molecule has 110 valence electrons. The van der Waals surface area contributed by atoms with Gasteiger partial charge in [0.25, 0.3) is 0 Å². The van der Waals surface area contributed by atoms with Crippen LogP contribution in [0.25, 0.3) is 0 Å². The van der Waals surface area contributed by atoms with E-state index >= 15 is 0 Å². The summed E-state index contributed by atoms with van der Waals surface area (Å²) in [5.74, 6) is -4.26. The molecule has 0 atom stereocenters. The van der Waals surface area contributed by atoms with Crippen LogP contribution in [-0.2, 0) is 9.47 Å². The van der Waals surface area contributed by atoms with Gasteiger partial charge in [-0.2, -0.15) is 0 Å². The van der Waals surface area contributed by atoms with Crippen molar-refractivity contribution in [2.45, 2.75) is 37.5 Å². The lowest BCUT2D eigenvalue weighted by molar-refractivity contribution is -0.177. The van der Waals surface area contributed by atoms with Crippen LogP contribution in [-0.4, -0.2) is 25.0 Å². The second-order valence-electron chi connectivity index (χ2n) is 5.28. The zero-order valence-corrected chi connectivity index (χ0v) is 10.9. The third kappa shape index (κ3) is 2.62. The second-order valence-corrected chi connectivity index (χ2v) is 5.28. The first-order valence-corrected chi connectivity index (χ1v) is 6.77. The zero-order chi connectivity index (χ0) is 14.2. The fourth-order valence-electron chi connectivity index (χ4n) is 2.86. The van der Waals surface area contributed by atoms with Crippen molar-refractivity contribution in [3.05, 3.63) is 29.6 Å². The van der Waals surface area contributed by atoms with Crippen LogP contribution in [0.3, 0.4) is 0 Å². The predicted molar refractivity (Wildman–Crippen MR) is 66.8 cm³/mol. The molecule has 0 amide bonds. The third-order valence-electron chi connectivity index (χ3n) is 3.92. The van der Waals surface area contributed by atoms with Crippen molar-refractivity contribution in [2.75, 3.05) is 18.5 Å². The van der Waals surface area contributed by atoms with Crippen molar-refractivity contribution in [3.63, 3.8) is 0 Å². The number of rotatable bonds is 2. The molecule has 6 heteroatoms. The van der Waals surface area contributed by atoms with E-state index in [9.17, 15) is 13.2 Å². The van der Waals surface area contributed by atoms with Crippen LogP contribution in [0.2, 0.25) is 0 Å². The minimum absolute atomic E-state index is 0.0812. The van der Waals surface area contributed by atoms with Gasteiger partial charge in [0, 0.05) is 36.7 Å². The number of anilines is 1. The number of hydrogen-bond acceptors (Lipinski definition) is 3. The fraction of sp³-hybridized carbons (Fsp3) is 0.571. The highest BCUT2D eigenvalue weighted by Gasteiger charge is 2.40. The van der Waals surface area contributed by atoms with Gasteiger partial charge in [-0.15, -0.1) is 0 Å². The van der Waals surface area contributed by atoms with E-state index in [4.69, 9.17) is 9.47 Å². The summed E-state index contributed by atoms with van der Waals surface area (Å²) in [4.78, 5) is 0. The highest BCUT2D eigenvalue weighted by atomic mass is 19.2. The molecular weight excluding hydrogens is 271 g/mol. The van der Waals surface area contributed by atoms with Crippen LogP contribution < -0.4 is 5.32 Å². The van der Waals surface area contributed by atoms with Crippen LogP contribution in [0.5, 0.6) is 0 Å². The number of benzene rings is 1. The molecule has 1 aliphatic carbocycles. The molecule has 0 aromatic heterocycles. The van der Waals surface area contributed by atoms with Crippen LogP contribution in [0, 0.1) is 17.5 Å². The van der Waals surface area contributed by atoms with Crippen molar-refractivity contribution < 1.29 is 22.6 Å². The molecule has 0 radical (unpaired) electrons. The number of hydrogen-bond donors (Lipinski definition) is 1. The number of nitrogens with one attached hydrogen (secondary N) is 1. The smallest absolute Gasteiger partial charge is 0.194 e. The Labute approximate surface area is 115 Å². The molecule has 0 bridgehead atoms. The zero-order valence-electron chi connectivity index (χ0n) is 10.9. The lowest BCUT2D eigenvalue weighted by Gasteiger charge is -2.36. The van der Waals surface area contributed by atoms with Gasteiger partial charge in [0.2, 0.25) is 0 Å². The largest absolute Gasteiger partial charge is 0.382 e. The van der Waals surface area contributed by atoms with Gasteiger partial charge in [0.15, 0.2) is 23.2 Å². The Morgan fingerprint density at radius 3 is 2.10 bits per heavy atom. The van der Waals surface area contributed by atoms with E-state index in [1.807, 2.05) is 0 Å². The van der Waals surface area contributed by atoms with Crippen LogP contribution in [0.15, 0.2) is 12.1 Å². The van der Waals surface area contributed by atoms with Gasteiger partial charge in [-0.1, -0.05) is 0 Å². The minimum Gasteiger partial charge on any atom is -0.382 e. The van der Waals surface area contributed by atoms with Gasteiger partial charge in [-0.05, 0) is 12.8 Å². The summed E-state index contributed by atoms with van der Waals surface area (Å²) in [5, 5.41) is 3.04. The van der Waals surface area contributed by atoms with Gasteiger partial charge in [-0.3, -0.25) is 0 Å². The van der Waals surface area contributed by atoms with Crippen molar-refractivity contribution in [2.24, 2.45) is 0 Å². The minimum atomic E-state index is -1.44. The molecule has 2 fully saturated rings.